The molecule has 1 aliphatic heterocycles. The number of benzene rings is 3. The van der Waals surface area contributed by atoms with Crippen LogP contribution in [0.1, 0.15) is 24.3 Å². The van der Waals surface area contributed by atoms with Crippen LogP contribution in [0.5, 0.6) is 5.75 Å². The Labute approximate surface area is 198 Å². The minimum atomic E-state index is -1.09. The maximum atomic E-state index is 14.9. The lowest BCUT2D eigenvalue weighted by molar-refractivity contribution is -0.189. The van der Waals surface area contributed by atoms with Gasteiger partial charge in [-0.3, -0.25) is 0 Å². The van der Waals surface area contributed by atoms with E-state index in [9.17, 15) is 13.2 Å². The summed E-state index contributed by atoms with van der Waals surface area (Å²) in [4.78, 5) is 0. The van der Waals surface area contributed by atoms with E-state index in [-0.39, 0.29) is 35.8 Å². The first-order chi connectivity index (χ1) is 16.5. The Balaban J connectivity index is 1.48. The van der Waals surface area contributed by atoms with E-state index < -0.39 is 11.6 Å². The molecule has 7 heteroatoms. The Hall–Kier alpha value is -3.03. The maximum absolute atomic E-state index is 14.9. The fourth-order valence-corrected chi connectivity index (χ4v) is 3.98. The Morgan fingerprint density at radius 1 is 0.912 bits per heavy atom. The van der Waals surface area contributed by atoms with Gasteiger partial charge in [-0.25, -0.2) is 8.78 Å². The highest BCUT2D eigenvalue weighted by Gasteiger charge is 2.25. The lowest BCUT2D eigenvalue weighted by Gasteiger charge is -2.29. The molecule has 1 aliphatic rings. The molecule has 0 spiro atoms. The standard InChI is InChI=1S/C27H24BF3O3/c1-2-3-4-25-32-14-20(15-33-25)21-10-9-19(13-23(21)29)17-5-7-18(8-6-17)22-11-12-24(34-16-28)27(31)26(22)30/h2,5-13,20,25H,1,3-4,14-16H2. The number of allylic oxidation sites excluding steroid dienone is 1. The minimum Gasteiger partial charge on any atom is -0.500 e. The first-order valence-corrected chi connectivity index (χ1v) is 11.1. The summed E-state index contributed by atoms with van der Waals surface area (Å²) in [6, 6.07) is 14.6. The molecule has 34 heavy (non-hydrogen) atoms. The van der Waals surface area contributed by atoms with Gasteiger partial charge in [0.2, 0.25) is 5.82 Å². The zero-order chi connectivity index (χ0) is 24.1. The normalized spacial score (nSPS) is 18.0. The van der Waals surface area contributed by atoms with Gasteiger partial charge in [0.1, 0.15) is 13.7 Å². The Morgan fingerprint density at radius 2 is 1.59 bits per heavy atom. The van der Waals surface area contributed by atoms with E-state index in [1.807, 2.05) is 12.1 Å². The van der Waals surface area contributed by atoms with Gasteiger partial charge < -0.3 is 14.2 Å². The summed E-state index contributed by atoms with van der Waals surface area (Å²) in [7, 11) is 5.23. The number of rotatable bonds is 8. The Kier molecular flexibility index (Phi) is 7.75. The number of hydrogen-bond donors (Lipinski definition) is 0. The first-order valence-electron chi connectivity index (χ1n) is 11.1. The molecule has 0 aromatic heterocycles. The van der Waals surface area contributed by atoms with Gasteiger partial charge in [0, 0.05) is 24.4 Å². The predicted octanol–water partition coefficient (Wildman–Crippen LogP) is 6.37. The van der Waals surface area contributed by atoms with Crippen molar-refractivity contribution in [2.75, 3.05) is 19.7 Å². The zero-order valence-corrected chi connectivity index (χ0v) is 18.6. The molecule has 0 N–H and O–H groups in total. The van der Waals surface area contributed by atoms with Crippen LogP contribution in [0, 0.1) is 17.5 Å². The molecule has 0 atom stereocenters. The number of halogens is 3. The van der Waals surface area contributed by atoms with Crippen molar-refractivity contribution in [2.24, 2.45) is 0 Å². The van der Waals surface area contributed by atoms with Crippen molar-refractivity contribution in [3.05, 3.63) is 90.3 Å². The molecule has 0 saturated carbocycles. The second-order valence-corrected chi connectivity index (χ2v) is 8.02. The van der Waals surface area contributed by atoms with E-state index in [1.165, 1.54) is 18.2 Å². The van der Waals surface area contributed by atoms with Crippen LogP contribution >= 0.6 is 0 Å². The Bertz CT molecular complexity index is 1140. The van der Waals surface area contributed by atoms with Crippen molar-refractivity contribution in [1.82, 2.24) is 0 Å². The lowest BCUT2D eigenvalue weighted by atomic mass is 9.95. The molecule has 4 rings (SSSR count). The summed E-state index contributed by atoms with van der Waals surface area (Å²) in [5.74, 6) is -2.87. The summed E-state index contributed by atoms with van der Waals surface area (Å²) in [5, 5.41) is 0. The molecule has 3 aromatic carbocycles. The van der Waals surface area contributed by atoms with E-state index in [1.54, 1.807) is 30.3 Å². The van der Waals surface area contributed by atoms with E-state index in [0.29, 0.717) is 29.9 Å². The third-order valence-corrected chi connectivity index (χ3v) is 5.83. The fourth-order valence-electron chi connectivity index (χ4n) is 3.98. The molecular weight excluding hydrogens is 440 g/mol. The molecule has 1 saturated heterocycles. The second kappa shape index (κ2) is 10.9. The average molecular weight is 464 g/mol. The summed E-state index contributed by atoms with van der Waals surface area (Å²) in [5.41, 5.74) is 2.55. The summed E-state index contributed by atoms with van der Waals surface area (Å²) < 4.78 is 59.9. The third-order valence-electron chi connectivity index (χ3n) is 5.83. The largest absolute Gasteiger partial charge is 0.500 e. The molecule has 0 amide bonds. The van der Waals surface area contributed by atoms with Gasteiger partial charge in [-0.15, -0.1) is 6.58 Å². The molecular formula is C27H24BF3O3. The van der Waals surface area contributed by atoms with Crippen LogP contribution in [0.25, 0.3) is 22.3 Å². The topological polar surface area (TPSA) is 27.7 Å². The summed E-state index contributed by atoms with van der Waals surface area (Å²) >= 11 is 0. The maximum Gasteiger partial charge on any atom is 0.201 e. The minimum absolute atomic E-state index is 0.0960. The SMILES string of the molecule is [B]COc1ccc(-c2ccc(-c3ccc(C4COC(CCC=C)OC4)c(F)c3)cc2)c(F)c1F. The van der Waals surface area contributed by atoms with Crippen LogP contribution in [0.4, 0.5) is 13.2 Å². The van der Waals surface area contributed by atoms with Crippen LogP contribution in [0.3, 0.4) is 0 Å². The summed E-state index contributed by atoms with van der Waals surface area (Å²) in [6.07, 6.45) is 3.06. The van der Waals surface area contributed by atoms with E-state index in [0.717, 1.165) is 18.4 Å². The van der Waals surface area contributed by atoms with Crippen LogP contribution in [0.2, 0.25) is 0 Å². The molecule has 2 radical (unpaired) electrons. The Morgan fingerprint density at radius 3 is 2.24 bits per heavy atom. The molecule has 3 aromatic rings. The highest BCUT2D eigenvalue weighted by Crippen LogP contribution is 2.33. The quantitative estimate of drug-likeness (QED) is 0.287. The molecule has 0 bridgehead atoms. The van der Waals surface area contributed by atoms with Crippen molar-refractivity contribution in [2.45, 2.75) is 25.0 Å². The predicted molar refractivity (Wildman–Crippen MR) is 126 cm³/mol. The van der Waals surface area contributed by atoms with Crippen molar-refractivity contribution < 1.29 is 27.4 Å². The summed E-state index contributed by atoms with van der Waals surface area (Å²) in [6.45, 7) is 4.22. The first kappa shape index (κ1) is 24.1. The smallest absolute Gasteiger partial charge is 0.201 e. The zero-order valence-electron chi connectivity index (χ0n) is 18.6. The van der Waals surface area contributed by atoms with Gasteiger partial charge in [0.25, 0.3) is 0 Å². The third kappa shape index (κ3) is 5.21. The highest BCUT2D eigenvalue weighted by molar-refractivity contribution is 6.08. The van der Waals surface area contributed by atoms with Crippen molar-refractivity contribution >= 4 is 7.85 Å². The van der Waals surface area contributed by atoms with Gasteiger partial charge >= 0.3 is 0 Å². The monoisotopic (exact) mass is 464 g/mol. The number of ether oxygens (including phenoxy) is 3. The fraction of sp³-hybridized carbons (Fsp3) is 0.259. The van der Waals surface area contributed by atoms with E-state index >= 15 is 0 Å². The van der Waals surface area contributed by atoms with Crippen LogP contribution in [-0.4, -0.2) is 33.9 Å². The van der Waals surface area contributed by atoms with Gasteiger partial charge in [-0.1, -0.05) is 42.5 Å². The molecule has 0 unspecified atom stereocenters. The average Bonchev–Trinajstić information content (AvgIpc) is 2.86. The van der Waals surface area contributed by atoms with Gasteiger partial charge in [0.15, 0.2) is 17.9 Å². The molecule has 174 valence electrons. The number of hydrogen-bond acceptors (Lipinski definition) is 3. The van der Waals surface area contributed by atoms with Crippen molar-refractivity contribution in [3.63, 3.8) is 0 Å². The van der Waals surface area contributed by atoms with Crippen molar-refractivity contribution in [1.29, 1.82) is 0 Å². The van der Waals surface area contributed by atoms with E-state index in [2.05, 4.69) is 6.58 Å². The van der Waals surface area contributed by atoms with Gasteiger partial charge in [-0.05, 0) is 46.9 Å². The van der Waals surface area contributed by atoms with Gasteiger partial charge in [-0.2, -0.15) is 4.39 Å². The van der Waals surface area contributed by atoms with Crippen LogP contribution < -0.4 is 4.74 Å². The second-order valence-electron chi connectivity index (χ2n) is 8.02. The molecule has 1 heterocycles. The highest BCUT2D eigenvalue weighted by atomic mass is 19.2. The van der Waals surface area contributed by atoms with Crippen LogP contribution in [-0.2, 0) is 9.47 Å². The van der Waals surface area contributed by atoms with E-state index in [4.69, 9.17) is 22.1 Å². The lowest BCUT2D eigenvalue weighted by Crippen LogP contribution is -2.31. The molecule has 1 fully saturated rings. The molecule has 0 aliphatic carbocycles. The van der Waals surface area contributed by atoms with Gasteiger partial charge in [0.05, 0.1) is 13.2 Å². The van der Waals surface area contributed by atoms with Crippen LogP contribution in [0.15, 0.2) is 67.3 Å². The molecule has 3 nitrogen and oxygen atoms in total. The van der Waals surface area contributed by atoms with Crippen molar-refractivity contribution in [3.8, 4) is 28.0 Å².